The van der Waals surface area contributed by atoms with Gasteiger partial charge in [0.2, 0.25) is 0 Å². The molecule has 3 aromatic rings. The molecule has 0 N–H and O–H groups in total. The molecule has 4 nitrogen and oxygen atoms in total. The Balaban J connectivity index is 2.04. The Hall–Kier alpha value is -1.14. The number of rotatable bonds is 2. The van der Waals surface area contributed by atoms with Crippen LogP contribution in [0.15, 0.2) is 16.8 Å². The first-order valence-corrected chi connectivity index (χ1v) is 8.67. The number of hydrogen-bond acceptors (Lipinski definition) is 6. The van der Waals surface area contributed by atoms with Crippen LogP contribution in [-0.2, 0) is 6.18 Å². The third kappa shape index (κ3) is 3.27. The summed E-state index contributed by atoms with van der Waals surface area (Å²) in [6.45, 7) is 1.85. The molecule has 10 heteroatoms. The molecule has 0 fully saturated rings. The number of thiazole rings is 2. The molecule has 0 aliphatic heterocycles. The predicted octanol–water partition coefficient (Wildman–Crippen LogP) is 4.66. The highest BCUT2D eigenvalue weighted by atomic mass is 127. The van der Waals surface area contributed by atoms with Crippen molar-refractivity contribution in [3.8, 4) is 21.5 Å². The van der Waals surface area contributed by atoms with Gasteiger partial charge < -0.3 is 0 Å². The van der Waals surface area contributed by atoms with E-state index in [1.165, 1.54) is 11.3 Å². The average Bonchev–Trinajstić information content (AvgIpc) is 3.05. The molecule has 0 saturated carbocycles. The van der Waals surface area contributed by atoms with Gasteiger partial charge in [-0.3, -0.25) is 0 Å². The van der Waals surface area contributed by atoms with Crippen molar-refractivity contribution in [1.29, 1.82) is 0 Å². The largest absolute Gasteiger partial charge is 0.434 e. The molecule has 0 aliphatic rings. The first kappa shape index (κ1) is 15.7. The lowest BCUT2D eigenvalue weighted by molar-refractivity contribution is -0.140. The summed E-state index contributed by atoms with van der Waals surface area (Å²) in [6.07, 6.45) is -4.45. The Morgan fingerprint density at radius 2 is 1.73 bits per heavy atom. The van der Waals surface area contributed by atoms with Crippen molar-refractivity contribution in [2.45, 2.75) is 13.1 Å². The Morgan fingerprint density at radius 3 is 2.32 bits per heavy atom. The molecular weight excluding hydrogens is 448 g/mol. The zero-order valence-corrected chi connectivity index (χ0v) is 14.6. The zero-order chi connectivity index (χ0) is 15.9. The van der Waals surface area contributed by atoms with E-state index < -0.39 is 11.9 Å². The van der Waals surface area contributed by atoms with Gasteiger partial charge in [-0.1, -0.05) is 0 Å². The highest BCUT2D eigenvalue weighted by Gasteiger charge is 2.34. The highest BCUT2D eigenvalue weighted by Crippen LogP contribution is 2.33. The lowest BCUT2D eigenvalue weighted by atomic mass is 10.4. The van der Waals surface area contributed by atoms with Crippen LogP contribution in [0, 0.1) is 10.6 Å². The van der Waals surface area contributed by atoms with Crippen molar-refractivity contribution in [1.82, 2.24) is 19.9 Å². The second-order valence-corrected chi connectivity index (χ2v) is 7.05. The summed E-state index contributed by atoms with van der Waals surface area (Å²) < 4.78 is 38.6. The Labute approximate surface area is 144 Å². The molecule has 0 bridgehead atoms. The van der Waals surface area contributed by atoms with Crippen molar-refractivity contribution < 1.29 is 13.2 Å². The molecule has 0 amide bonds. The molecule has 0 unspecified atom stereocenters. The van der Waals surface area contributed by atoms with Gasteiger partial charge in [0, 0.05) is 16.5 Å². The zero-order valence-electron chi connectivity index (χ0n) is 10.8. The molecule has 114 valence electrons. The number of aromatic nitrogens is 4. The molecule has 0 spiro atoms. The van der Waals surface area contributed by atoms with Crippen LogP contribution < -0.4 is 0 Å². The van der Waals surface area contributed by atoms with Gasteiger partial charge >= 0.3 is 6.18 Å². The summed E-state index contributed by atoms with van der Waals surface area (Å²) >= 11 is 4.29. The fourth-order valence-corrected chi connectivity index (χ4v) is 3.64. The number of nitrogens with zero attached hydrogens (tertiary/aromatic N) is 4. The quantitative estimate of drug-likeness (QED) is 0.418. The molecule has 3 rings (SSSR count). The molecule has 0 saturated heterocycles. The maximum Gasteiger partial charge on any atom is 0.434 e. The van der Waals surface area contributed by atoms with Gasteiger partial charge in [0.05, 0.1) is 0 Å². The number of aryl methyl sites for hydroxylation is 1. The van der Waals surface area contributed by atoms with Gasteiger partial charge in [-0.15, -0.1) is 22.7 Å². The van der Waals surface area contributed by atoms with Gasteiger partial charge in [0.25, 0.3) is 0 Å². The van der Waals surface area contributed by atoms with Crippen molar-refractivity contribution in [3.63, 3.8) is 0 Å². The van der Waals surface area contributed by atoms with E-state index in [2.05, 4.69) is 19.9 Å². The fourth-order valence-electron chi connectivity index (χ4n) is 1.60. The van der Waals surface area contributed by atoms with E-state index >= 15 is 0 Å². The molecule has 3 heterocycles. The fraction of sp³-hybridized carbons (Fsp3) is 0.167. The van der Waals surface area contributed by atoms with Crippen molar-refractivity contribution >= 4 is 45.3 Å². The van der Waals surface area contributed by atoms with Gasteiger partial charge in [-0.2, -0.15) is 13.2 Å². The Kier molecular flexibility index (Phi) is 4.16. The van der Waals surface area contributed by atoms with Crippen LogP contribution in [0.5, 0.6) is 0 Å². The standard InChI is InChI=1S/C12H6F3IN4S2/c1-5-3-21-11(17-5)9-18-6(2-8(16)20-9)10-19-7(4-22-10)12(13,14)15/h2-4H,1H3. The minimum Gasteiger partial charge on any atom is -0.238 e. The molecule has 3 aromatic heterocycles. The van der Waals surface area contributed by atoms with E-state index in [4.69, 9.17) is 0 Å². The SMILES string of the molecule is Cc1csc(-c2nc(I)cc(-c3nc(C(F)(F)F)cs3)n2)n1. The highest BCUT2D eigenvalue weighted by molar-refractivity contribution is 14.1. The first-order chi connectivity index (χ1) is 10.3. The number of hydrogen-bond donors (Lipinski definition) is 0. The molecule has 0 aliphatic carbocycles. The lowest BCUT2D eigenvalue weighted by Gasteiger charge is -2.02. The second-order valence-electron chi connectivity index (χ2n) is 4.23. The van der Waals surface area contributed by atoms with Crippen molar-refractivity contribution in [3.05, 3.63) is 31.9 Å². The normalized spacial score (nSPS) is 11.9. The third-order valence-corrected chi connectivity index (χ3v) is 4.89. The average molecular weight is 454 g/mol. The van der Waals surface area contributed by atoms with E-state index in [1.54, 1.807) is 6.07 Å². The first-order valence-electron chi connectivity index (χ1n) is 5.83. The van der Waals surface area contributed by atoms with E-state index in [1.807, 2.05) is 34.9 Å². The van der Waals surface area contributed by atoms with E-state index in [0.29, 0.717) is 20.2 Å². The summed E-state index contributed by atoms with van der Waals surface area (Å²) in [5.41, 5.74) is 0.299. The van der Waals surface area contributed by atoms with Crippen LogP contribution in [0.25, 0.3) is 21.5 Å². The van der Waals surface area contributed by atoms with E-state index in [-0.39, 0.29) is 5.01 Å². The molecule has 0 atom stereocenters. The Morgan fingerprint density at radius 1 is 1.00 bits per heavy atom. The number of halogens is 4. The van der Waals surface area contributed by atoms with Crippen LogP contribution in [0.4, 0.5) is 13.2 Å². The predicted molar refractivity (Wildman–Crippen MR) is 86.7 cm³/mol. The minimum atomic E-state index is -4.45. The van der Waals surface area contributed by atoms with Gasteiger partial charge in [-0.25, -0.2) is 19.9 Å². The summed E-state index contributed by atoms with van der Waals surface area (Å²) in [4.78, 5) is 16.5. The molecular formula is C12H6F3IN4S2. The lowest BCUT2D eigenvalue weighted by Crippen LogP contribution is -2.05. The Bertz CT molecular complexity index is 828. The van der Waals surface area contributed by atoms with Crippen LogP contribution in [0.1, 0.15) is 11.4 Å². The summed E-state index contributed by atoms with van der Waals surface area (Å²) in [5, 5.41) is 3.69. The van der Waals surface area contributed by atoms with Crippen molar-refractivity contribution in [2.75, 3.05) is 0 Å². The summed E-state index contributed by atoms with van der Waals surface area (Å²) in [6, 6.07) is 1.60. The van der Waals surface area contributed by atoms with Gasteiger partial charge in [-0.05, 0) is 35.6 Å². The maximum atomic E-state index is 12.6. The minimum absolute atomic E-state index is 0.210. The van der Waals surface area contributed by atoms with Gasteiger partial charge in [0.1, 0.15) is 14.4 Å². The second kappa shape index (κ2) is 5.81. The van der Waals surface area contributed by atoms with Crippen molar-refractivity contribution in [2.24, 2.45) is 0 Å². The number of alkyl halides is 3. The van der Waals surface area contributed by atoms with Crippen LogP contribution >= 0.6 is 45.3 Å². The smallest absolute Gasteiger partial charge is 0.238 e. The summed E-state index contributed by atoms with van der Waals surface area (Å²) in [5.74, 6) is 0.392. The molecule has 0 aromatic carbocycles. The third-order valence-electron chi connectivity index (χ3n) is 2.52. The van der Waals surface area contributed by atoms with Crippen LogP contribution in [0.3, 0.4) is 0 Å². The van der Waals surface area contributed by atoms with Crippen LogP contribution in [-0.4, -0.2) is 19.9 Å². The monoisotopic (exact) mass is 454 g/mol. The van der Waals surface area contributed by atoms with Crippen LogP contribution in [0.2, 0.25) is 0 Å². The molecule has 22 heavy (non-hydrogen) atoms. The topological polar surface area (TPSA) is 51.6 Å². The molecule has 0 radical (unpaired) electrons. The van der Waals surface area contributed by atoms with Gasteiger partial charge in [0.15, 0.2) is 16.5 Å². The maximum absolute atomic E-state index is 12.6. The van der Waals surface area contributed by atoms with E-state index in [0.717, 1.165) is 22.4 Å². The van der Waals surface area contributed by atoms with E-state index in [9.17, 15) is 13.2 Å². The summed E-state index contributed by atoms with van der Waals surface area (Å²) in [7, 11) is 0.